The van der Waals surface area contributed by atoms with E-state index in [2.05, 4.69) is 103 Å². The first-order valence-corrected chi connectivity index (χ1v) is 15.0. The summed E-state index contributed by atoms with van der Waals surface area (Å²) >= 11 is 0. The zero-order chi connectivity index (χ0) is 33.2. The molecule has 4 heterocycles. The SMILES string of the molecule is [2H]C([2H])([2H])c1c[c-]c(-c2cc(C(C)(C)C)ccn2)cc1.[Ir].[c-]1cccc2c1c1nc3ccccc3n1c1c2oc2ccc3ccccc3c21. The van der Waals surface area contributed by atoms with Crippen molar-refractivity contribution in [3.8, 4) is 11.3 Å². The van der Waals surface area contributed by atoms with Gasteiger partial charge in [0.1, 0.15) is 11.2 Å². The van der Waals surface area contributed by atoms with Crippen molar-refractivity contribution in [1.82, 2.24) is 14.4 Å². The molecule has 0 aliphatic heterocycles. The number of fused-ring (bicyclic) bond motifs is 12. The molecule has 0 amide bonds. The molecule has 0 unspecified atom stereocenters. The van der Waals surface area contributed by atoms with Crippen LogP contribution in [0.25, 0.3) is 71.6 Å². The summed E-state index contributed by atoms with van der Waals surface area (Å²) in [6.45, 7) is 4.35. The molecule has 227 valence electrons. The van der Waals surface area contributed by atoms with Crippen LogP contribution in [-0.2, 0) is 25.5 Å². The topological polar surface area (TPSA) is 43.3 Å². The molecule has 5 heteroatoms. The summed E-state index contributed by atoms with van der Waals surface area (Å²) in [6, 6.07) is 42.3. The second kappa shape index (κ2) is 11.5. The predicted octanol–water partition coefficient (Wildman–Crippen LogP) is 10.6. The zero-order valence-corrected chi connectivity index (χ0v) is 27.9. The number of pyridine rings is 2. The Kier molecular flexibility index (Phi) is 6.60. The summed E-state index contributed by atoms with van der Waals surface area (Å²) in [5.74, 6) is 0. The smallest absolute Gasteiger partial charge is 0.136 e. The number of furan rings is 1. The Morgan fingerprint density at radius 1 is 0.848 bits per heavy atom. The average molecular weight is 777 g/mol. The molecule has 0 aliphatic rings. The third kappa shape index (κ3) is 4.97. The molecule has 0 aliphatic carbocycles. The van der Waals surface area contributed by atoms with E-state index in [1.54, 1.807) is 18.3 Å². The molecule has 1 radical (unpaired) electrons. The van der Waals surface area contributed by atoms with Gasteiger partial charge >= 0.3 is 0 Å². The quantitative estimate of drug-likeness (QED) is 0.156. The Hall–Kier alpha value is -4.83. The summed E-state index contributed by atoms with van der Waals surface area (Å²) in [4.78, 5) is 9.29. The summed E-state index contributed by atoms with van der Waals surface area (Å²) < 4.78 is 30.8. The first-order valence-electron chi connectivity index (χ1n) is 16.5. The van der Waals surface area contributed by atoms with E-state index >= 15 is 0 Å². The van der Waals surface area contributed by atoms with Crippen molar-refractivity contribution in [2.45, 2.75) is 33.0 Å². The van der Waals surface area contributed by atoms with Crippen LogP contribution in [-0.4, -0.2) is 14.4 Å². The van der Waals surface area contributed by atoms with Crippen molar-refractivity contribution >= 4 is 60.3 Å². The molecule has 0 spiro atoms. The Balaban J connectivity index is 0.000000161. The van der Waals surface area contributed by atoms with Gasteiger partial charge in [-0.15, -0.1) is 59.7 Å². The van der Waals surface area contributed by atoms with E-state index in [1.807, 2.05) is 30.3 Å². The minimum atomic E-state index is -2.09. The normalized spacial score (nSPS) is 13.0. The maximum absolute atomic E-state index is 7.36. The van der Waals surface area contributed by atoms with Crippen LogP contribution in [0.2, 0.25) is 0 Å². The minimum Gasteiger partial charge on any atom is -0.464 e. The number of rotatable bonds is 1. The number of imidazole rings is 1. The molecule has 0 saturated heterocycles. The predicted molar refractivity (Wildman–Crippen MR) is 186 cm³/mol. The number of hydrogen-bond donors (Lipinski definition) is 0. The van der Waals surface area contributed by atoms with Gasteiger partial charge in [-0.2, -0.15) is 0 Å². The fraction of sp³-hybridized carbons (Fsp3) is 0.122. The Morgan fingerprint density at radius 3 is 2.50 bits per heavy atom. The maximum Gasteiger partial charge on any atom is 0.136 e. The molecule has 9 aromatic rings. The summed E-state index contributed by atoms with van der Waals surface area (Å²) in [5, 5.41) is 5.55. The van der Waals surface area contributed by atoms with Crippen molar-refractivity contribution < 1.29 is 28.6 Å². The van der Waals surface area contributed by atoms with Gasteiger partial charge in [0.05, 0.1) is 27.6 Å². The molecule has 0 N–H and O–H groups in total. The number of para-hydroxylation sites is 2. The van der Waals surface area contributed by atoms with Gasteiger partial charge in [0.25, 0.3) is 0 Å². The third-order valence-corrected chi connectivity index (χ3v) is 8.38. The van der Waals surface area contributed by atoms with Crippen molar-refractivity contribution in [1.29, 1.82) is 0 Å². The number of benzene rings is 5. The fourth-order valence-electron chi connectivity index (χ4n) is 6.11. The van der Waals surface area contributed by atoms with Crippen LogP contribution in [0.1, 0.15) is 36.0 Å². The molecule has 4 nitrogen and oxygen atoms in total. The molecule has 0 atom stereocenters. The first-order chi connectivity index (χ1) is 23.1. The Bertz CT molecular complexity index is 2650. The van der Waals surface area contributed by atoms with Crippen LogP contribution in [0.3, 0.4) is 0 Å². The maximum atomic E-state index is 7.36. The van der Waals surface area contributed by atoms with Gasteiger partial charge in [0.2, 0.25) is 0 Å². The van der Waals surface area contributed by atoms with E-state index in [-0.39, 0.29) is 25.5 Å². The van der Waals surface area contributed by atoms with Crippen LogP contribution in [0.4, 0.5) is 0 Å². The van der Waals surface area contributed by atoms with Crippen molar-refractivity contribution in [2.24, 2.45) is 0 Å². The van der Waals surface area contributed by atoms with Crippen molar-refractivity contribution in [3.05, 3.63) is 139 Å². The Labute approximate surface area is 285 Å². The first kappa shape index (κ1) is 26.4. The van der Waals surface area contributed by atoms with Gasteiger partial charge in [-0.3, -0.25) is 4.98 Å². The molecule has 0 bridgehead atoms. The van der Waals surface area contributed by atoms with Crippen LogP contribution in [0.15, 0.2) is 120 Å². The summed E-state index contributed by atoms with van der Waals surface area (Å²) in [7, 11) is 0. The monoisotopic (exact) mass is 777 g/mol. The van der Waals surface area contributed by atoms with Gasteiger partial charge in [-0.25, -0.2) is 0 Å². The molecule has 46 heavy (non-hydrogen) atoms. The van der Waals surface area contributed by atoms with E-state index in [9.17, 15) is 0 Å². The summed E-state index contributed by atoms with van der Waals surface area (Å²) in [6.07, 6.45) is 1.78. The van der Waals surface area contributed by atoms with E-state index < -0.39 is 6.85 Å². The fourth-order valence-corrected chi connectivity index (χ4v) is 6.11. The molecule has 0 fully saturated rings. The minimum absolute atomic E-state index is 0. The van der Waals surface area contributed by atoms with E-state index in [4.69, 9.17) is 13.5 Å². The van der Waals surface area contributed by atoms with Gasteiger partial charge in [0, 0.05) is 30.4 Å². The van der Waals surface area contributed by atoms with Crippen LogP contribution >= 0.6 is 0 Å². The number of aromatic nitrogens is 3. The van der Waals surface area contributed by atoms with Gasteiger partial charge < -0.3 is 13.8 Å². The van der Waals surface area contributed by atoms with E-state index in [1.165, 1.54) is 22.4 Å². The van der Waals surface area contributed by atoms with E-state index in [0.717, 1.165) is 60.8 Å². The van der Waals surface area contributed by atoms with Gasteiger partial charge in [-0.1, -0.05) is 86.9 Å². The number of nitrogens with zero attached hydrogens (tertiary/aromatic N) is 3. The molecular formula is C41H31IrN3O-2. The second-order valence-corrected chi connectivity index (χ2v) is 12.3. The third-order valence-electron chi connectivity index (χ3n) is 8.38. The molecular weight excluding hydrogens is 743 g/mol. The average Bonchev–Trinajstić information content (AvgIpc) is 3.68. The molecule has 0 saturated carbocycles. The molecule has 9 rings (SSSR count). The van der Waals surface area contributed by atoms with E-state index in [0.29, 0.717) is 5.56 Å². The molecule has 4 aromatic heterocycles. The zero-order valence-electron chi connectivity index (χ0n) is 28.6. The molecule has 5 aromatic carbocycles. The standard InChI is InChI=1S/C25H13N2O.C16H18N.Ir/c1-2-8-16-15(7-1)13-14-21-22(16)23-24(28-21)17-9-3-4-10-18(17)25-26-19-11-5-6-12-20(19)27(23)25;1-12-5-7-13(8-6-12)15-11-14(9-10-17-15)16(2,3)4;/h1-9,11-14H;5-7,9-11H,1-4H3;/q2*-1;/i;1D3;. The number of aryl methyl sites for hydroxylation is 1. The number of hydrogen-bond acceptors (Lipinski definition) is 3. The Morgan fingerprint density at radius 2 is 1.67 bits per heavy atom. The van der Waals surface area contributed by atoms with Crippen molar-refractivity contribution in [2.75, 3.05) is 0 Å². The largest absolute Gasteiger partial charge is 0.464 e. The summed E-state index contributed by atoms with van der Waals surface area (Å²) in [5.41, 5.74) is 8.99. The van der Waals surface area contributed by atoms with Crippen LogP contribution < -0.4 is 0 Å². The van der Waals surface area contributed by atoms with Crippen LogP contribution in [0, 0.1) is 19.0 Å². The van der Waals surface area contributed by atoms with Crippen LogP contribution in [0.5, 0.6) is 0 Å². The van der Waals surface area contributed by atoms with Gasteiger partial charge in [0.15, 0.2) is 0 Å². The van der Waals surface area contributed by atoms with Gasteiger partial charge in [-0.05, 0) is 51.7 Å². The second-order valence-electron chi connectivity index (χ2n) is 12.3. The van der Waals surface area contributed by atoms with Crippen molar-refractivity contribution in [3.63, 3.8) is 0 Å².